The highest BCUT2D eigenvalue weighted by Gasteiger charge is 2.44. The maximum absolute atomic E-state index is 12.8. The van der Waals surface area contributed by atoms with E-state index < -0.39 is 35.2 Å². The van der Waals surface area contributed by atoms with E-state index in [1.165, 1.54) is 24.3 Å². The van der Waals surface area contributed by atoms with Crippen molar-refractivity contribution in [2.75, 3.05) is 13.2 Å². The first kappa shape index (κ1) is 20.5. The monoisotopic (exact) mass is 380 g/mol. The van der Waals surface area contributed by atoms with Gasteiger partial charge in [0, 0.05) is 29.7 Å². The molecule has 0 unspecified atom stereocenters. The summed E-state index contributed by atoms with van der Waals surface area (Å²) in [5.74, 6) is -3.28. The van der Waals surface area contributed by atoms with Gasteiger partial charge >= 0.3 is 5.97 Å². The Kier molecular flexibility index (Phi) is 6.98. The van der Waals surface area contributed by atoms with Crippen LogP contribution in [-0.4, -0.2) is 35.7 Å². The summed E-state index contributed by atoms with van der Waals surface area (Å²) in [6.45, 7) is 1.01. The second-order valence-electron chi connectivity index (χ2n) is 6.70. The molecule has 1 saturated carbocycles. The summed E-state index contributed by atoms with van der Waals surface area (Å²) in [5, 5.41) is 13.3. The van der Waals surface area contributed by atoms with Crippen molar-refractivity contribution in [3.8, 4) is 0 Å². The molecule has 0 heterocycles. The molecule has 2 rings (SSSR count). The number of hydrogen-bond donors (Lipinski definition) is 1. The SMILES string of the molecule is C[C@@H]1CC(=O)[C@H](CC(=O)OCC(=O)NCc2ccc(F)cc2)[C@@H]1C[N+](=O)[O-]. The average molecular weight is 380 g/mol. The summed E-state index contributed by atoms with van der Waals surface area (Å²) in [4.78, 5) is 45.9. The number of carbonyl (C=O) groups is 3. The van der Waals surface area contributed by atoms with Crippen LogP contribution in [0.4, 0.5) is 4.39 Å². The summed E-state index contributed by atoms with van der Waals surface area (Å²) in [6.07, 6.45) is -0.0679. The van der Waals surface area contributed by atoms with Gasteiger partial charge in [0.25, 0.3) is 5.91 Å². The molecule has 1 N–H and O–H groups in total. The van der Waals surface area contributed by atoms with Crippen LogP contribution in [0, 0.1) is 33.7 Å². The molecule has 8 nitrogen and oxygen atoms in total. The molecule has 1 aliphatic carbocycles. The second kappa shape index (κ2) is 9.20. The van der Waals surface area contributed by atoms with E-state index in [9.17, 15) is 28.9 Å². The van der Waals surface area contributed by atoms with Crippen molar-refractivity contribution in [1.82, 2.24) is 5.32 Å². The molecule has 1 aromatic rings. The second-order valence-corrected chi connectivity index (χ2v) is 6.70. The number of halogens is 1. The molecule has 27 heavy (non-hydrogen) atoms. The summed E-state index contributed by atoms with van der Waals surface area (Å²) >= 11 is 0. The number of carbonyl (C=O) groups excluding carboxylic acids is 3. The Morgan fingerprint density at radius 2 is 2.00 bits per heavy atom. The molecular formula is C18H21FN2O6. The van der Waals surface area contributed by atoms with Crippen LogP contribution in [0.2, 0.25) is 0 Å². The number of rotatable bonds is 8. The first-order valence-corrected chi connectivity index (χ1v) is 8.57. The van der Waals surface area contributed by atoms with Crippen LogP contribution in [0.15, 0.2) is 24.3 Å². The van der Waals surface area contributed by atoms with Crippen LogP contribution < -0.4 is 5.32 Å². The van der Waals surface area contributed by atoms with Gasteiger partial charge in [-0.15, -0.1) is 0 Å². The first-order chi connectivity index (χ1) is 12.8. The highest BCUT2D eigenvalue weighted by Crippen LogP contribution is 2.36. The maximum atomic E-state index is 12.8. The van der Waals surface area contributed by atoms with Crippen LogP contribution in [0.5, 0.6) is 0 Å². The number of ketones is 1. The minimum atomic E-state index is -0.750. The van der Waals surface area contributed by atoms with Crippen LogP contribution in [0.25, 0.3) is 0 Å². The molecule has 1 aromatic carbocycles. The Morgan fingerprint density at radius 3 is 2.63 bits per heavy atom. The molecule has 3 atom stereocenters. The molecular weight excluding hydrogens is 359 g/mol. The van der Waals surface area contributed by atoms with Gasteiger partial charge in [-0.1, -0.05) is 19.1 Å². The lowest BCUT2D eigenvalue weighted by molar-refractivity contribution is -0.490. The van der Waals surface area contributed by atoms with Crippen molar-refractivity contribution in [1.29, 1.82) is 0 Å². The van der Waals surface area contributed by atoms with E-state index >= 15 is 0 Å². The van der Waals surface area contributed by atoms with Crippen LogP contribution in [0.1, 0.15) is 25.3 Å². The van der Waals surface area contributed by atoms with Crippen LogP contribution >= 0.6 is 0 Å². The Hall–Kier alpha value is -2.84. The standard InChI is InChI=1S/C18H21FN2O6/c1-11-6-16(22)14(15(11)9-21(25)26)7-18(24)27-10-17(23)20-8-12-2-4-13(19)5-3-12/h2-5,11,14-15H,6-10H2,1H3,(H,20,23)/t11-,14-,15-/m1/s1. The molecule has 1 amide bonds. The van der Waals surface area contributed by atoms with Gasteiger partial charge in [-0.3, -0.25) is 24.5 Å². The molecule has 0 saturated heterocycles. The van der Waals surface area contributed by atoms with Crippen molar-refractivity contribution in [2.24, 2.45) is 17.8 Å². The normalized spacial score (nSPS) is 21.7. The molecule has 0 radical (unpaired) electrons. The molecule has 9 heteroatoms. The van der Waals surface area contributed by atoms with E-state index in [1.54, 1.807) is 6.92 Å². The Bertz CT molecular complexity index is 721. The number of esters is 1. The quantitative estimate of drug-likeness (QED) is 0.415. The summed E-state index contributed by atoms with van der Waals surface area (Å²) < 4.78 is 17.7. The molecule has 0 bridgehead atoms. The summed E-state index contributed by atoms with van der Waals surface area (Å²) in [6, 6.07) is 5.57. The van der Waals surface area contributed by atoms with Gasteiger partial charge in [0.1, 0.15) is 11.6 Å². The number of ether oxygens (including phenoxy) is 1. The third kappa shape index (κ3) is 6.12. The van der Waals surface area contributed by atoms with Gasteiger partial charge < -0.3 is 10.1 Å². The van der Waals surface area contributed by atoms with E-state index in [0.717, 1.165) is 0 Å². The lowest BCUT2D eigenvalue weighted by Crippen LogP contribution is -2.30. The molecule has 1 fully saturated rings. The van der Waals surface area contributed by atoms with E-state index in [4.69, 9.17) is 4.74 Å². The zero-order valence-electron chi connectivity index (χ0n) is 14.9. The van der Waals surface area contributed by atoms with Crippen molar-refractivity contribution < 1.29 is 28.4 Å². The first-order valence-electron chi connectivity index (χ1n) is 8.57. The largest absolute Gasteiger partial charge is 0.456 e. The fourth-order valence-corrected chi connectivity index (χ4v) is 3.24. The van der Waals surface area contributed by atoms with Crippen molar-refractivity contribution in [3.05, 3.63) is 45.8 Å². The number of Topliss-reactive ketones (excluding diaryl/α,β-unsaturated/α-hetero) is 1. The van der Waals surface area contributed by atoms with E-state index in [2.05, 4.69) is 5.32 Å². The molecule has 0 aliphatic heterocycles. The van der Waals surface area contributed by atoms with Gasteiger partial charge in [0.15, 0.2) is 6.61 Å². The molecule has 0 spiro atoms. The minimum absolute atomic E-state index is 0.153. The number of benzene rings is 1. The maximum Gasteiger partial charge on any atom is 0.307 e. The number of nitro groups is 1. The fraction of sp³-hybridized carbons (Fsp3) is 0.500. The predicted octanol–water partition coefficient (Wildman–Crippen LogP) is 1.49. The van der Waals surface area contributed by atoms with Crippen LogP contribution in [-0.2, 0) is 25.7 Å². The van der Waals surface area contributed by atoms with E-state index in [1.807, 2.05) is 0 Å². The van der Waals surface area contributed by atoms with Gasteiger partial charge in [-0.05, 0) is 23.6 Å². The number of nitrogens with zero attached hydrogens (tertiary/aromatic N) is 1. The lowest BCUT2D eigenvalue weighted by Gasteiger charge is -2.17. The Balaban J connectivity index is 1.77. The van der Waals surface area contributed by atoms with Gasteiger partial charge in [-0.2, -0.15) is 0 Å². The summed E-state index contributed by atoms with van der Waals surface area (Å²) in [7, 11) is 0. The smallest absolute Gasteiger partial charge is 0.307 e. The summed E-state index contributed by atoms with van der Waals surface area (Å²) in [5.41, 5.74) is 0.684. The molecule has 0 aromatic heterocycles. The zero-order valence-corrected chi connectivity index (χ0v) is 14.9. The molecule has 146 valence electrons. The zero-order chi connectivity index (χ0) is 20.0. The highest BCUT2D eigenvalue weighted by molar-refractivity contribution is 5.88. The van der Waals surface area contributed by atoms with Gasteiger partial charge in [-0.25, -0.2) is 4.39 Å². The van der Waals surface area contributed by atoms with E-state index in [0.29, 0.717) is 5.56 Å². The third-order valence-corrected chi connectivity index (χ3v) is 4.70. The van der Waals surface area contributed by atoms with Crippen molar-refractivity contribution in [3.63, 3.8) is 0 Å². The van der Waals surface area contributed by atoms with Gasteiger partial charge in [0.2, 0.25) is 6.54 Å². The predicted molar refractivity (Wildman–Crippen MR) is 91.5 cm³/mol. The minimum Gasteiger partial charge on any atom is -0.456 e. The number of amides is 1. The van der Waals surface area contributed by atoms with Crippen LogP contribution in [0.3, 0.4) is 0 Å². The number of nitrogens with one attached hydrogen (secondary N) is 1. The topological polar surface area (TPSA) is 116 Å². The average Bonchev–Trinajstić information content (AvgIpc) is 2.86. The Morgan fingerprint density at radius 1 is 1.33 bits per heavy atom. The van der Waals surface area contributed by atoms with Gasteiger partial charge in [0.05, 0.1) is 6.42 Å². The third-order valence-electron chi connectivity index (χ3n) is 4.70. The number of hydrogen-bond acceptors (Lipinski definition) is 6. The van der Waals surface area contributed by atoms with E-state index in [-0.39, 0.29) is 43.4 Å². The lowest BCUT2D eigenvalue weighted by atomic mass is 9.88. The van der Waals surface area contributed by atoms with Crippen molar-refractivity contribution >= 4 is 17.7 Å². The fourth-order valence-electron chi connectivity index (χ4n) is 3.24. The molecule has 1 aliphatic rings. The highest BCUT2D eigenvalue weighted by atomic mass is 19.1. The van der Waals surface area contributed by atoms with Crippen molar-refractivity contribution in [2.45, 2.75) is 26.3 Å². The Labute approximate surface area is 155 Å².